The summed E-state index contributed by atoms with van der Waals surface area (Å²) >= 11 is 0. The standard InChI is InChI=1S/C19H22FN3O2/c1-24-16-8-7-13(11-17(16)25-2)23-18(21)22-12-19(9-10-19)14-5-3-4-6-15(14)20/h3-8,11H,9-10,12H2,1-2H3,(H3,21,22,23). The molecule has 0 bridgehead atoms. The van der Waals surface area contributed by atoms with E-state index in [9.17, 15) is 4.39 Å². The number of halogens is 1. The molecule has 3 rings (SSSR count). The van der Waals surface area contributed by atoms with Crippen LogP contribution in [0.3, 0.4) is 0 Å². The van der Waals surface area contributed by atoms with Crippen LogP contribution in [0.15, 0.2) is 47.5 Å². The van der Waals surface area contributed by atoms with Crippen LogP contribution in [0.1, 0.15) is 18.4 Å². The quantitative estimate of drug-likeness (QED) is 0.624. The van der Waals surface area contributed by atoms with E-state index in [1.54, 1.807) is 32.4 Å². The van der Waals surface area contributed by atoms with E-state index < -0.39 is 0 Å². The molecule has 132 valence electrons. The van der Waals surface area contributed by atoms with Crippen molar-refractivity contribution in [3.8, 4) is 11.5 Å². The highest BCUT2D eigenvalue weighted by Crippen LogP contribution is 2.49. The molecule has 1 aliphatic carbocycles. The van der Waals surface area contributed by atoms with E-state index >= 15 is 0 Å². The first-order chi connectivity index (χ1) is 12.1. The number of rotatable bonds is 6. The van der Waals surface area contributed by atoms with E-state index in [1.807, 2.05) is 18.2 Å². The van der Waals surface area contributed by atoms with Gasteiger partial charge in [0.15, 0.2) is 17.5 Å². The molecule has 0 saturated heterocycles. The van der Waals surface area contributed by atoms with E-state index in [1.165, 1.54) is 6.07 Å². The number of hydrogen-bond acceptors (Lipinski definition) is 3. The minimum Gasteiger partial charge on any atom is -0.493 e. The largest absolute Gasteiger partial charge is 0.493 e. The molecule has 0 unspecified atom stereocenters. The molecule has 1 aliphatic rings. The summed E-state index contributed by atoms with van der Waals surface area (Å²) in [6.45, 7) is 0.458. The second-order valence-corrected chi connectivity index (χ2v) is 6.16. The maximum Gasteiger partial charge on any atom is 0.193 e. The fourth-order valence-electron chi connectivity index (χ4n) is 2.89. The smallest absolute Gasteiger partial charge is 0.193 e. The summed E-state index contributed by atoms with van der Waals surface area (Å²) < 4.78 is 24.5. The van der Waals surface area contributed by atoms with Gasteiger partial charge in [-0.3, -0.25) is 4.99 Å². The van der Waals surface area contributed by atoms with Crippen molar-refractivity contribution in [1.82, 2.24) is 0 Å². The molecule has 0 aliphatic heterocycles. The summed E-state index contributed by atoms with van der Waals surface area (Å²) in [5.41, 5.74) is 7.23. The first-order valence-electron chi connectivity index (χ1n) is 8.12. The second-order valence-electron chi connectivity index (χ2n) is 6.16. The van der Waals surface area contributed by atoms with Gasteiger partial charge in [0.2, 0.25) is 0 Å². The molecule has 2 aromatic rings. The molecule has 0 heterocycles. The van der Waals surface area contributed by atoms with Gasteiger partial charge in [-0.15, -0.1) is 0 Å². The van der Waals surface area contributed by atoms with Crippen LogP contribution in [0.25, 0.3) is 0 Å². The maximum absolute atomic E-state index is 14.0. The van der Waals surface area contributed by atoms with E-state index in [2.05, 4.69) is 10.3 Å². The predicted octanol–water partition coefficient (Wildman–Crippen LogP) is 3.30. The number of nitrogens with zero attached hydrogens (tertiary/aromatic N) is 1. The van der Waals surface area contributed by atoms with Crippen LogP contribution >= 0.6 is 0 Å². The van der Waals surface area contributed by atoms with Gasteiger partial charge in [0, 0.05) is 17.2 Å². The van der Waals surface area contributed by atoms with E-state index in [-0.39, 0.29) is 17.2 Å². The third-order valence-corrected chi connectivity index (χ3v) is 4.51. The molecule has 0 amide bonds. The zero-order chi connectivity index (χ0) is 17.9. The van der Waals surface area contributed by atoms with E-state index in [0.29, 0.717) is 18.0 Å². The van der Waals surface area contributed by atoms with Gasteiger partial charge < -0.3 is 20.5 Å². The second kappa shape index (κ2) is 7.01. The summed E-state index contributed by atoms with van der Waals surface area (Å²) in [4.78, 5) is 4.41. The number of aliphatic imine (C=N–C) groups is 1. The molecule has 5 nitrogen and oxygen atoms in total. The molecule has 1 saturated carbocycles. The molecular weight excluding hydrogens is 321 g/mol. The van der Waals surface area contributed by atoms with Gasteiger partial charge in [-0.2, -0.15) is 0 Å². The average molecular weight is 343 g/mol. The predicted molar refractivity (Wildman–Crippen MR) is 97.0 cm³/mol. The Morgan fingerprint density at radius 1 is 1.16 bits per heavy atom. The Labute approximate surface area is 146 Å². The summed E-state index contributed by atoms with van der Waals surface area (Å²) in [5, 5.41) is 3.03. The van der Waals surface area contributed by atoms with E-state index in [0.717, 1.165) is 24.1 Å². The number of nitrogens with two attached hydrogens (primary N) is 1. The Kier molecular flexibility index (Phi) is 4.79. The Morgan fingerprint density at radius 2 is 1.88 bits per heavy atom. The third-order valence-electron chi connectivity index (χ3n) is 4.51. The van der Waals surface area contributed by atoms with Gasteiger partial charge >= 0.3 is 0 Å². The van der Waals surface area contributed by atoms with Crippen LogP contribution in [0, 0.1) is 5.82 Å². The number of guanidine groups is 1. The minimum atomic E-state index is -0.227. The van der Waals surface area contributed by atoms with Crippen molar-refractivity contribution in [2.24, 2.45) is 10.7 Å². The number of methoxy groups -OCH3 is 2. The Bertz CT molecular complexity index is 788. The van der Waals surface area contributed by atoms with Crippen molar-refractivity contribution in [1.29, 1.82) is 0 Å². The Balaban J connectivity index is 1.70. The number of benzene rings is 2. The van der Waals surface area contributed by atoms with Crippen LogP contribution < -0.4 is 20.5 Å². The van der Waals surface area contributed by atoms with Gasteiger partial charge in [0.1, 0.15) is 5.82 Å². The molecule has 25 heavy (non-hydrogen) atoms. The van der Waals surface area contributed by atoms with Crippen molar-refractivity contribution in [3.05, 3.63) is 53.8 Å². The molecule has 0 radical (unpaired) electrons. The fourth-order valence-corrected chi connectivity index (χ4v) is 2.89. The van der Waals surface area contributed by atoms with Gasteiger partial charge in [-0.25, -0.2) is 4.39 Å². The highest BCUT2D eigenvalue weighted by Gasteiger charge is 2.45. The van der Waals surface area contributed by atoms with Gasteiger partial charge in [-0.1, -0.05) is 18.2 Å². The maximum atomic E-state index is 14.0. The average Bonchev–Trinajstić information content (AvgIpc) is 3.41. The zero-order valence-corrected chi connectivity index (χ0v) is 14.4. The summed E-state index contributed by atoms with van der Waals surface area (Å²) in [7, 11) is 3.16. The van der Waals surface area contributed by atoms with Crippen molar-refractivity contribution in [2.75, 3.05) is 26.1 Å². The lowest BCUT2D eigenvalue weighted by Gasteiger charge is -2.15. The SMILES string of the molecule is COc1ccc(NC(N)=NCC2(c3ccccc3F)CC2)cc1OC. The summed E-state index contributed by atoms with van der Waals surface area (Å²) in [6, 6.07) is 12.3. The van der Waals surface area contributed by atoms with Crippen LogP contribution in [-0.4, -0.2) is 26.7 Å². The summed E-state index contributed by atoms with van der Waals surface area (Å²) in [5.74, 6) is 1.35. The number of hydrogen-bond donors (Lipinski definition) is 2. The zero-order valence-electron chi connectivity index (χ0n) is 14.4. The van der Waals surface area contributed by atoms with E-state index in [4.69, 9.17) is 15.2 Å². The molecular formula is C19H22FN3O2. The topological polar surface area (TPSA) is 68.9 Å². The van der Waals surface area contributed by atoms with Crippen LogP contribution in [0.4, 0.5) is 10.1 Å². The molecule has 1 fully saturated rings. The lowest BCUT2D eigenvalue weighted by Crippen LogP contribution is -2.25. The monoisotopic (exact) mass is 343 g/mol. The molecule has 0 aromatic heterocycles. The first kappa shape index (κ1) is 17.1. The molecule has 2 aromatic carbocycles. The van der Waals surface area contributed by atoms with Crippen LogP contribution in [-0.2, 0) is 5.41 Å². The fraction of sp³-hybridized carbons (Fsp3) is 0.316. The molecule has 6 heteroatoms. The number of nitrogens with one attached hydrogen (secondary N) is 1. The lowest BCUT2D eigenvalue weighted by atomic mass is 9.95. The third kappa shape index (κ3) is 3.68. The molecule has 0 atom stereocenters. The van der Waals surface area contributed by atoms with Crippen LogP contribution in [0.5, 0.6) is 11.5 Å². The van der Waals surface area contributed by atoms with Crippen molar-refractivity contribution < 1.29 is 13.9 Å². The van der Waals surface area contributed by atoms with Gasteiger partial charge in [0.25, 0.3) is 0 Å². The van der Waals surface area contributed by atoms with Crippen molar-refractivity contribution in [2.45, 2.75) is 18.3 Å². The van der Waals surface area contributed by atoms with Crippen molar-refractivity contribution >= 4 is 11.6 Å². The minimum absolute atomic E-state index is 0.179. The molecule has 3 N–H and O–H groups in total. The lowest BCUT2D eigenvalue weighted by molar-refractivity contribution is 0.355. The molecule has 0 spiro atoms. The highest BCUT2D eigenvalue weighted by molar-refractivity contribution is 5.92. The number of anilines is 1. The Hall–Kier alpha value is -2.76. The number of ether oxygens (including phenoxy) is 2. The normalized spacial score (nSPS) is 15.6. The van der Waals surface area contributed by atoms with Crippen molar-refractivity contribution in [3.63, 3.8) is 0 Å². The van der Waals surface area contributed by atoms with Gasteiger partial charge in [0.05, 0.1) is 20.8 Å². The van der Waals surface area contributed by atoms with Crippen LogP contribution in [0.2, 0.25) is 0 Å². The summed E-state index contributed by atoms with van der Waals surface area (Å²) in [6.07, 6.45) is 1.84. The Morgan fingerprint density at radius 3 is 2.52 bits per heavy atom. The first-order valence-corrected chi connectivity index (χ1v) is 8.12. The highest BCUT2D eigenvalue weighted by atomic mass is 19.1. The van der Waals surface area contributed by atoms with Gasteiger partial charge in [-0.05, 0) is 36.6 Å².